The van der Waals surface area contributed by atoms with Crippen LogP contribution in [0.15, 0.2) is 54.6 Å². The average Bonchev–Trinajstić information content (AvgIpc) is 3.00. The number of para-hydroxylation sites is 1. The van der Waals surface area contributed by atoms with E-state index < -0.39 is 0 Å². The lowest BCUT2D eigenvalue weighted by Crippen LogP contribution is -2.44. The molecule has 1 unspecified atom stereocenters. The number of likely N-dealkylation sites (tertiary alicyclic amines) is 1. The SMILES string of the molecule is O=C(CCCN1C(=O)c2ccccc2C1=O)N1CCCC(Oc2ccccc2)C1. The van der Waals surface area contributed by atoms with Gasteiger partial charge >= 0.3 is 0 Å². The second kappa shape index (κ2) is 8.47. The molecule has 0 aliphatic carbocycles. The van der Waals surface area contributed by atoms with Crippen molar-refractivity contribution in [3.8, 4) is 5.75 Å². The van der Waals surface area contributed by atoms with E-state index >= 15 is 0 Å². The van der Waals surface area contributed by atoms with E-state index in [9.17, 15) is 14.4 Å². The molecule has 1 atom stereocenters. The zero-order valence-electron chi connectivity index (χ0n) is 16.3. The van der Waals surface area contributed by atoms with Gasteiger partial charge in [-0.1, -0.05) is 30.3 Å². The summed E-state index contributed by atoms with van der Waals surface area (Å²) >= 11 is 0. The Morgan fingerprint density at radius 1 is 0.966 bits per heavy atom. The van der Waals surface area contributed by atoms with Gasteiger partial charge in [-0.2, -0.15) is 0 Å². The Morgan fingerprint density at radius 2 is 1.62 bits per heavy atom. The number of fused-ring (bicyclic) bond motifs is 1. The lowest BCUT2D eigenvalue weighted by Gasteiger charge is -2.33. The molecule has 2 aromatic rings. The third kappa shape index (κ3) is 4.16. The van der Waals surface area contributed by atoms with Crippen LogP contribution in [0, 0.1) is 0 Å². The Labute approximate surface area is 170 Å². The van der Waals surface area contributed by atoms with Crippen LogP contribution in [0.1, 0.15) is 46.4 Å². The van der Waals surface area contributed by atoms with Crippen LogP contribution in [0.3, 0.4) is 0 Å². The molecule has 1 fully saturated rings. The van der Waals surface area contributed by atoms with Gasteiger partial charge in [-0.3, -0.25) is 19.3 Å². The van der Waals surface area contributed by atoms with Gasteiger partial charge in [0.2, 0.25) is 5.91 Å². The van der Waals surface area contributed by atoms with Crippen LogP contribution in [0.5, 0.6) is 5.75 Å². The van der Waals surface area contributed by atoms with E-state index in [1.165, 1.54) is 4.90 Å². The molecule has 29 heavy (non-hydrogen) atoms. The molecule has 2 aliphatic heterocycles. The summed E-state index contributed by atoms with van der Waals surface area (Å²) in [7, 11) is 0. The van der Waals surface area contributed by atoms with Crippen molar-refractivity contribution in [1.29, 1.82) is 0 Å². The van der Waals surface area contributed by atoms with Gasteiger partial charge in [0.1, 0.15) is 11.9 Å². The van der Waals surface area contributed by atoms with Gasteiger partial charge in [0.25, 0.3) is 11.8 Å². The third-order valence-corrected chi connectivity index (χ3v) is 5.43. The molecule has 2 aliphatic rings. The normalized spacial score (nSPS) is 18.7. The zero-order chi connectivity index (χ0) is 20.2. The number of hydrogen-bond donors (Lipinski definition) is 0. The highest BCUT2D eigenvalue weighted by Gasteiger charge is 2.34. The summed E-state index contributed by atoms with van der Waals surface area (Å²) in [6, 6.07) is 16.5. The summed E-state index contributed by atoms with van der Waals surface area (Å²) < 4.78 is 5.99. The van der Waals surface area contributed by atoms with E-state index in [-0.39, 0.29) is 30.4 Å². The number of piperidine rings is 1. The number of carbonyl (C=O) groups is 3. The first-order valence-corrected chi connectivity index (χ1v) is 10.1. The topological polar surface area (TPSA) is 66.9 Å². The Kier molecular flexibility index (Phi) is 5.60. The number of nitrogens with zero attached hydrogens (tertiary/aromatic N) is 2. The number of rotatable bonds is 6. The zero-order valence-corrected chi connectivity index (χ0v) is 16.3. The van der Waals surface area contributed by atoms with Gasteiger partial charge in [-0.05, 0) is 43.5 Å². The van der Waals surface area contributed by atoms with Crippen LogP contribution in [0.4, 0.5) is 0 Å². The standard InChI is InChI=1S/C23H24N2O4/c26-21(24-14-6-10-18(16-24)29-17-8-2-1-3-9-17)13-7-15-25-22(27)19-11-4-5-12-20(19)23(25)28/h1-5,8-9,11-12,18H,6-7,10,13-16H2. The summed E-state index contributed by atoms with van der Waals surface area (Å²) in [5, 5.41) is 0. The van der Waals surface area contributed by atoms with Crippen LogP contribution in [-0.4, -0.2) is 53.3 Å². The summed E-state index contributed by atoms with van der Waals surface area (Å²) in [5.41, 5.74) is 0.890. The first kappa shape index (κ1) is 19.2. The lowest BCUT2D eigenvalue weighted by molar-refractivity contribution is -0.134. The Balaban J connectivity index is 1.27. The number of amides is 3. The van der Waals surface area contributed by atoms with Crippen LogP contribution >= 0.6 is 0 Å². The first-order valence-electron chi connectivity index (χ1n) is 10.1. The molecule has 4 rings (SSSR count). The van der Waals surface area contributed by atoms with Gasteiger partial charge in [-0.25, -0.2) is 0 Å². The van der Waals surface area contributed by atoms with Crippen LogP contribution in [0.2, 0.25) is 0 Å². The monoisotopic (exact) mass is 392 g/mol. The van der Waals surface area contributed by atoms with Crippen molar-refractivity contribution in [2.24, 2.45) is 0 Å². The van der Waals surface area contributed by atoms with Gasteiger partial charge in [-0.15, -0.1) is 0 Å². The molecule has 1 saturated heterocycles. The van der Waals surface area contributed by atoms with E-state index in [2.05, 4.69) is 0 Å². The molecule has 6 nitrogen and oxygen atoms in total. The van der Waals surface area contributed by atoms with E-state index in [1.54, 1.807) is 24.3 Å². The Hall–Kier alpha value is -3.15. The Bertz CT molecular complexity index is 877. The van der Waals surface area contributed by atoms with E-state index in [1.807, 2.05) is 35.2 Å². The van der Waals surface area contributed by atoms with Crippen LogP contribution < -0.4 is 4.74 Å². The highest BCUT2D eigenvalue weighted by Crippen LogP contribution is 2.23. The minimum atomic E-state index is -0.271. The number of hydrogen-bond acceptors (Lipinski definition) is 4. The quantitative estimate of drug-likeness (QED) is 0.709. The largest absolute Gasteiger partial charge is 0.489 e. The summed E-state index contributed by atoms with van der Waals surface area (Å²) in [4.78, 5) is 40.5. The predicted octanol–water partition coefficient (Wildman–Crippen LogP) is 3.13. The number of imide groups is 1. The lowest BCUT2D eigenvalue weighted by atomic mass is 10.1. The third-order valence-electron chi connectivity index (χ3n) is 5.43. The molecule has 0 radical (unpaired) electrons. The van der Waals surface area contributed by atoms with Crippen LogP contribution in [-0.2, 0) is 4.79 Å². The minimum Gasteiger partial charge on any atom is -0.489 e. The molecule has 0 N–H and O–H groups in total. The minimum absolute atomic E-state index is 0.00802. The number of ether oxygens (including phenoxy) is 1. The highest BCUT2D eigenvalue weighted by atomic mass is 16.5. The summed E-state index contributed by atoms with van der Waals surface area (Å²) in [6.07, 6.45) is 2.59. The molecule has 6 heteroatoms. The molecular weight excluding hydrogens is 368 g/mol. The molecule has 0 aromatic heterocycles. The molecular formula is C23H24N2O4. The van der Waals surface area contributed by atoms with Gasteiger partial charge in [0.05, 0.1) is 17.7 Å². The van der Waals surface area contributed by atoms with Crippen molar-refractivity contribution in [3.05, 3.63) is 65.7 Å². The number of benzene rings is 2. The maximum absolute atomic E-state index is 12.6. The van der Waals surface area contributed by atoms with E-state index in [4.69, 9.17) is 4.74 Å². The second-order valence-electron chi connectivity index (χ2n) is 7.45. The van der Waals surface area contributed by atoms with Crippen molar-refractivity contribution in [1.82, 2.24) is 9.80 Å². The molecule has 0 spiro atoms. The molecule has 2 heterocycles. The van der Waals surface area contributed by atoms with E-state index in [0.29, 0.717) is 30.5 Å². The molecule has 150 valence electrons. The maximum atomic E-state index is 12.6. The fraction of sp³-hybridized carbons (Fsp3) is 0.348. The summed E-state index contributed by atoms with van der Waals surface area (Å²) in [6.45, 7) is 1.55. The molecule has 0 bridgehead atoms. The van der Waals surface area contributed by atoms with Crippen molar-refractivity contribution in [2.75, 3.05) is 19.6 Å². The van der Waals surface area contributed by atoms with Gasteiger partial charge in [0.15, 0.2) is 0 Å². The van der Waals surface area contributed by atoms with Gasteiger partial charge in [0, 0.05) is 19.5 Å². The molecule has 0 saturated carbocycles. The molecule has 2 aromatic carbocycles. The highest BCUT2D eigenvalue weighted by molar-refractivity contribution is 6.21. The van der Waals surface area contributed by atoms with Crippen molar-refractivity contribution in [2.45, 2.75) is 31.8 Å². The van der Waals surface area contributed by atoms with Crippen molar-refractivity contribution >= 4 is 17.7 Å². The second-order valence-corrected chi connectivity index (χ2v) is 7.45. The predicted molar refractivity (Wildman–Crippen MR) is 108 cm³/mol. The Morgan fingerprint density at radius 3 is 2.31 bits per heavy atom. The first-order chi connectivity index (χ1) is 14.1. The fourth-order valence-electron chi connectivity index (χ4n) is 3.94. The van der Waals surface area contributed by atoms with E-state index in [0.717, 1.165) is 25.1 Å². The van der Waals surface area contributed by atoms with Crippen LogP contribution in [0.25, 0.3) is 0 Å². The van der Waals surface area contributed by atoms with Crippen molar-refractivity contribution < 1.29 is 19.1 Å². The fourth-order valence-corrected chi connectivity index (χ4v) is 3.94. The maximum Gasteiger partial charge on any atom is 0.261 e. The number of carbonyl (C=O) groups excluding carboxylic acids is 3. The molecule has 3 amide bonds. The average molecular weight is 392 g/mol. The summed E-state index contributed by atoms with van der Waals surface area (Å²) in [5.74, 6) is 0.320. The van der Waals surface area contributed by atoms with Gasteiger partial charge < -0.3 is 9.64 Å². The van der Waals surface area contributed by atoms with Crippen molar-refractivity contribution in [3.63, 3.8) is 0 Å². The smallest absolute Gasteiger partial charge is 0.261 e.